The van der Waals surface area contributed by atoms with Crippen molar-refractivity contribution >= 4 is 11.7 Å². The molecule has 0 saturated carbocycles. The first-order chi connectivity index (χ1) is 11.7. The summed E-state index contributed by atoms with van der Waals surface area (Å²) in [6.07, 6.45) is 4.82. The van der Waals surface area contributed by atoms with E-state index in [1.54, 1.807) is 24.6 Å². The molecule has 1 heterocycles. The van der Waals surface area contributed by atoms with Crippen molar-refractivity contribution in [3.63, 3.8) is 0 Å². The lowest BCUT2D eigenvalue weighted by Crippen LogP contribution is -2.29. The number of ether oxygens (including phenoxy) is 3. The minimum atomic E-state index is -0.311. The van der Waals surface area contributed by atoms with Gasteiger partial charge in [0, 0.05) is 24.2 Å². The maximum atomic E-state index is 12.0. The maximum Gasteiger partial charge on any atom is 0.319 e. The Morgan fingerprint density at radius 1 is 1.17 bits per heavy atom. The number of nitrogens with one attached hydrogen (secondary N) is 2. The summed E-state index contributed by atoms with van der Waals surface area (Å²) in [4.78, 5) is 12.0. The van der Waals surface area contributed by atoms with Gasteiger partial charge in [-0.05, 0) is 12.8 Å². The van der Waals surface area contributed by atoms with Crippen LogP contribution in [0.2, 0.25) is 0 Å². The van der Waals surface area contributed by atoms with Crippen molar-refractivity contribution in [3.8, 4) is 17.2 Å². The lowest BCUT2D eigenvalue weighted by molar-refractivity contribution is 0.252. The number of aromatic nitrogens is 1. The topological polar surface area (TPSA) is 94.9 Å². The summed E-state index contributed by atoms with van der Waals surface area (Å²) in [6.45, 7) is 0.529. The molecular formula is C16H21N3O5. The first-order valence-corrected chi connectivity index (χ1v) is 7.41. The molecule has 130 valence electrons. The number of carbonyl (C=O) groups is 1. The van der Waals surface area contributed by atoms with E-state index in [1.165, 1.54) is 21.3 Å². The first kappa shape index (κ1) is 17.5. The Hall–Kier alpha value is -2.90. The SMILES string of the molecule is COc1cc(NC(=O)NCCCc2cnoc2)cc(OC)c1OC. The molecule has 0 atom stereocenters. The van der Waals surface area contributed by atoms with Crippen LogP contribution in [0, 0.1) is 0 Å². The fraction of sp³-hybridized carbons (Fsp3) is 0.375. The number of nitrogens with zero attached hydrogens (tertiary/aromatic N) is 1. The number of methoxy groups -OCH3 is 3. The Labute approximate surface area is 140 Å². The third-order valence-corrected chi connectivity index (χ3v) is 3.33. The highest BCUT2D eigenvalue weighted by Crippen LogP contribution is 2.39. The number of amides is 2. The Bertz CT molecular complexity index is 633. The molecule has 8 nitrogen and oxygen atoms in total. The van der Waals surface area contributed by atoms with Crippen LogP contribution in [0.3, 0.4) is 0 Å². The Kier molecular flexibility index (Phi) is 6.30. The highest BCUT2D eigenvalue weighted by atomic mass is 16.5. The van der Waals surface area contributed by atoms with Crippen LogP contribution in [0.5, 0.6) is 17.2 Å². The molecule has 0 aliphatic rings. The second-order valence-corrected chi connectivity index (χ2v) is 4.93. The number of benzene rings is 1. The summed E-state index contributed by atoms with van der Waals surface area (Å²) in [7, 11) is 4.56. The summed E-state index contributed by atoms with van der Waals surface area (Å²) in [5.74, 6) is 1.42. The van der Waals surface area contributed by atoms with Crippen molar-refractivity contribution in [3.05, 3.63) is 30.2 Å². The van der Waals surface area contributed by atoms with E-state index in [4.69, 9.17) is 18.7 Å². The minimum absolute atomic E-state index is 0.311. The molecule has 8 heteroatoms. The molecule has 0 aliphatic heterocycles. The molecule has 1 aromatic carbocycles. The van der Waals surface area contributed by atoms with Gasteiger partial charge in [-0.25, -0.2) is 4.79 Å². The van der Waals surface area contributed by atoms with Gasteiger partial charge < -0.3 is 29.4 Å². The van der Waals surface area contributed by atoms with Crippen LogP contribution in [0.1, 0.15) is 12.0 Å². The van der Waals surface area contributed by atoms with Crippen LogP contribution in [0.15, 0.2) is 29.1 Å². The summed E-state index contributed by atoms with van der Waals surface area (Å²) in [5.41, 5.74) is 1.54. The summed E-state index contributed by atoms with van der Waals surface area (Å²) < 4.78 is 20.5. The smallest absolute Gasteiger partial charge is 0.319 e. The molecule has 2 N–H and O–H groups in total. The second-order valence-electron chi connectivity index (χ2n) is 4.93. The maximum absolute atomic E-state index is 12.0. The quantitative estimate of drug-likeness (QED) is 0.720. The highest BCUT2D eigenvalue weighted by molar-refractivity contribution is 5.90. The Morgan fingerprint density at radius 2 is 1.88 bits per heavy atom. The third-order valence-electron chi connectivity index (χ3n) is 3.33. The number of aryl methyl sites for hydroxylation is 1. The number of carbonyl (C=O) groups excluding carboxylic acids is 1. The van der Waals surface area contributed by atoms with Gasteiger partial charge in [-0.3, -0.25) is 0 Å². The van der Waals surface area contributed by atoms with Gasteiger partial charge in [-0.1, -0.05) is 5.16 Å². The minimum Gasteiger partial charge on any atom is -0.493 e. The molecule has 1 aromatic heterocycles. The van der Waals surface area contributed by atoms with Crippen LogP contribution in [0.25, 0.3) is 0 Å². The number of hydrogen-bond acceptors (Lipinski definition) is 6. The molecule has 0 bridgehead atoms. The normalized spacial score (nSPS) is 10.1. The van der Waals surface area contributed by atoms with E-state index in [1.807, 2.05) is 0 Å². The number of anilines is 1. The van der Waals surface area contributed by atoms with E-state index in [-0.39, 0.29) is 6.03 Å². The van der Waals surface area contributed by atoms with Crippen molar-refractivity contribution in [2.45, 2.75) is 12.8 Å². The van der Waals surface area contributed by atoms with E-state index in [9.17, 15) is 4.79 Å². The second kappa shape index (κ2) is 8.66. The standard InChI is InChI=1S/C16H21N3O5/c1-21-13-7-12(8-14(22-2)15(13)23-3)19-16(20)17-6-4-5-11-9-18-24-10-11/h7-10H,4-6H2,1-3H3,(H2,17,19,20). The van der Waals surface area contributed by atoms with Gasteiger partial charge in [-0.2, -0.15) is 0 Å². The number of rotatable bonds is 8. The van der Waals surface area contributed by atoms with Crippen LogP contribution in [-0.2, 0) is 6.42 Å². The average Bonchev–Trinajstić information content (AvgIpc) is 3.11. The number of urea groups is 1. The molecule has 0 saturated heterocycles. The Morgan fingerprint density at radius 3 is 2.42 bits per heavy atom. The van der Waals surface area contributed by atoms with E-state index in [2.05, 4.69) is 15.8 Å². The third kappa shape index (κ3) is 4.55. The molecule has 0 spiro atoms. The van der Waals surface area contributed by atoms with E-state index in [0.29, 0.717) is 29.5 Å². The van der Waals surface area contributed by atoms with Crippen LogP contribution in [-0.4, -0.2) is 39.1 Å². The predicted molar refractivity (Wildman–Crippen MR) is 87.9 cm³/mol. The van der Waals surface area contributed by atoms with Gasteiger partial charge in [0.2, 0.25) is 5.75 Å². The van der Waals surface area contributed by atoms with E-state index >= 15 is 0 Å². The molecule has 2 aromatic rings. The van der Waals surface area contributed by atoms with Crippen molar-refractivity contribution in [2.24, 2.45) is 0 Å². The zero-order valence-corrected chi connectivity index (χ0v) is 13.9. The van der Waals surface area contributed by atoms with Gasteiger partial charge in [0.05, 0.1) is 33.2 Å². The average molecular weight is 335 g/mol. The lowest BCUT2D eigenvalue weighted by Gasteiger charge is -2.14. The van der Waals surface area contributed by atoms with Gasteiger partial charge >= 0.3 is 6.03 Å². The Balaban J connectivity index is 1.88. The van der Waals surface area contributed by atoms with E-state index < -0.39 is 0 Å². The fourth-order valence-corrected chi connectivity index (χ4v) is 2.17. The number of hydrogen-bond donors (Lipinski definition) is 2. The largest absolute Gasteiger partial charge is 0.493 e. The predicted octanol–water partition coefficient (Wildman–Crippen LogP) is 2.45. The van der Waals surface area contributed by atoms with Gasteiger partial charge in [0.25, 0.3) is 0 Å². The van der Waals surface area contributed by atoms with Crippen LogP contribution in [0.4, 0.5) is 10.5 Å². The molecule has 0 aliphatic carbocycles. The van der Waals surface area contributed by atoms with Crippen molar-refractivity contribution < 1.29 is 23.5 Å². The van der Waals surface area contributed by atoms with Gasteiger partial charge in [0.1, 0.15) is 6.26 Å². The highest BCUT2D eigenvalue weighted by Gasteiger charge is 2.14. The fourth-order valence-electron chi connectivity index (χ4n) is 2.17. The van der Waals surface area contributed by atoms with E-state index in [0.717, 1.165) is 18.4 Å². The molecule has 2 amide bonds. The van der Waals surface area contributed by atoms with Crippen molar-refractivity contribution in [1.29, 1.82) is 0 Å². The van der Waals surface area contributed by atoms with Crippen molar-refractivity contribution in [2.75, 3.05) is 33.2 Å². The van der Waals surface area contributed by atoms with Crippen LogP contribution < -0.4 is 24.8 Å². The zero-order valence-electron chi connectivity index (χ0n) is 13.9. The van der Waals surface area contributed by atoms with Crippen LogP contribution >= 0.6 is 0 Å². The first-order valence-electron chi connectivity index (χ1n) is 7.41. The monoisotopic (exact) mass is 335 g/mol. The molecule has 0 radical (unpaired) electrons. The summed E-state index contributed by atoms with van der Waals surface area (Å²) in [6, 6.07) is 3.02. The summed E-state index contributed by atoms with van der Waals surface area (Å²) >= 11 is 0. The van der Waals surface area contributed by atoms with Crippen molar-refractivity contribution in [1.82, 2.24) is 10.5 Å². The van der Waals surface area contributed by atoms with Gasteiger partial charge in [0.15, 0.2) is 11.5 Å². The summed E-state index contributed by atoms with van der Waals surface area (Å²) in [5, 5.41) is 9.15. The van der Waals surface area contributed by atoms with Gasteiger partial charge in [-0.15, -0.1) is 0 Å². The zero-order chi connectivity index (χ0) is 17.4. The molecule has 0 unspecified atom stereocenters. The lowest BCUT2D eigenvalue weighted by atomic mass is 10.2. The molecule has 2 rings (SSSR count). The molecule has 24 heavy (non-hydrogen) atoms. The molecular weight excluding hydrogens is 314 g/mol. The molecule has 0 fully saturated rings.